The Kier molecular flexibility index (Phi) is 3.95. The normalized spacial score (nSPS) is 12.6. The van der Waals surface area contributed by atoms with Gasteiger partial charge in [-0.2, -0.15) is 0 Å². The van der Waals surface area contributed by atoms with E-state index in [0.29, 0.717) is 0 Å². The fourth-order valence-corrected chi connectivity index (χ4v) is 3.94. The smallest absolute Gasteiger partial charge is 0.311 e. The highest BCUT2D eigenvalue weighted by molar-refractivity contribution is 6.76. The average Bonchev–Trinajstić information content (AvgIpc) is 1.90. The molecule has 0 aliphatic carbocycles. The molecule has 0 aromatic heterocycles. The van der Waals surface area contributed by atoms with E-state index in [4.69, 9.17) is 0 Å². The molecule has 0 aliphatic rings. The molecule has 0 fully saturated rings. The molecule has 0 aromatic rings. The summed E-state index contributed by atoms with van der Waals surface area (Å²) in [5, 5.41) is 0. The first-order chi connectivity index (χ1) is 5.01. The number of nitrogens with one attached hydrogen (secondary N) is 1. The lowest BCUT2D eigenvalue weighted by molar-refractivity contribution is 0.478. The maximum Gasteiger partial charge on any atom is 0.311 e. The molecule has 0 spiro atoms. The molecule has 0 atom stereocenters. The molecule has 0 aromatic carbocycles. The summed E-state index contributed by atoms with van der Waals surface area (Å²) in [7, 11) is 8.56. The standard InChI is InChI=1S/C7H19N3Si/c1-7-11(8-2,9(3)4)10(5)6/h7-8H,1H2,2-6H3. The van der Waals surface area contributed by atoms with Crippen LogP contribution in [0.4, 0.5) is 0 Å². The summed E-state index contributed by atoms with van der Waals surface area (Å²) in [4.78, 5) is 3.34. The van der Waals surface area contributed by atoms with E-state index in [9.17, 15) is 0 Å². The summed E-state index contributed by atoms with van der Waals surface area (Å²) >= 11 is 0. The molecule has 0 radical (unpaired) electrons. The van der Waals surface area contributed by atoms with Crippen LogP contribution in [0.25, 0.3) is 0 Å². The summed E-state index contributed by atoms with van der Waals surface area (Å²) in [5.74, 6) is 0. The zero-order chi connectivity index (χ0) is 9.07. The quantitative estimate of drug-likeness (QED) is 0.604. The van der Waals surface area contributed by atoms with Crippen molar-refractivity contribution in [1.82, 2.24) is 14.1 Å². The number of nitrogens with zero attached hydrogens (tertiary/aromatic N) is 2. The zero-order valence-corrected chi connectivity index (χ0v) is 9.18. The minimum absolute atomic E-state index is 1.72. The van der Waals surface area contributed by atoms with Crippen molar-refractivity contribution in [1.29, 1.82) is 0 Å². The number of hydrogen-bond acceptors (Lipinski definition) is 3. The average molecular weight is 173 g/mol. The molecule has 0 bridgehead atoms. The second kappa shape index (κ2) is 4.01. The monoisotopic (exact) mass is 173 g/mol. The Bertz CT molecular complexity index is 126. The Morgan fingerprint density at radius 2 is 1.55 bits per heavy atom. The van der Waals surface area contributed by atoms with Crippen molar-refractivity contribution in [2.45, 2.75) is 0 Å². The van der Waals surface area contributed by atoms with Crippen molar-refractivity contribution in [3.05, 3.63) is 12.3 Å². The lowest BCUT2D eigenvalue weighted by Gasteiger charge is -2.38. The summed E-state index contributed by atoms with van der Waals surface area (Å²) in [6.45, 7) is 3.86. The molecule has 0 saturated heterocycles. The van der Waals surface area contributed by atoms with Crippen LogP contribution in [0.15, 0.2) is 12.3 Å². The van der Waals surface area contributed by atoms with Crippen molar-refractivity contribution < 1.29 is 0 Å². The Morgan fingerprint density at radius 3 is 1.55 bits per heavy atom. The van der Waals surface area contributed by atoms with Gasteiger partial charge in [0.15, 0.2) is 0 Å². The molecule has 0 amide bonds. The maximum absolute atomic E-state index is 3.86. The van der Waals surface area contributed by atoms with Crippen molar-refractivity contribution in [3.8, 4) is 0 Å². The van der Waals surface area contributed by atoms with Crippen molar-refractivity contribution in [2.75, 3.05) is 35.2 Å². The predicted molar refractivity (Wildman–Crippen MR) is 52.4 cm³/mol. The molecule has 0 heterocycles. The van der Waals surface area contributed by atoms with Crippen molar-refractivity contribution >= 4 is 8.56 Å². The molecule has 0 aliphatic heterocycles. The predicted octanol–water partition coefficient (Wildman–Crippen LogP) is -0.00690. The molecule has 3 nitrogen and oxygen atoms in total. The Hall–Kier alpha value is -0.163. The van der Waals surface area contributed by atoms with Crippen molar-refractivity contribution in [2.24, 2.45) is 0 Å². The minimum Gasteiger partial charge on any atom is -0.313 e. The molecule has 11 heavy (non-hydrogen) atoms. The van der Waals surface area contributed by atoms with Crippen LogP contribution in [-0.4, -0.2) is 52.9 Å². The second-order valence-corrected chi connectivity index (χ2v) is 7.12. The van der Waals surface area contributed by atoms with Gasteiger partial charge >= 0.3 is 8.56 Å². The molecular formula is C7H19N3Si. The van der Waals surface area contributed by atoms with Crippen LogP contribution in [-0.2, 0) is 0 Å². The van der Waals surface area contributed by atoms with Gasteiger partial charge in [-0.3, -0.25) is 0 Å². The third-order valence-electron chi connectivity index (χ3n) is 2.02. The number of rotatable bonds is 4. The minimum atomic E-state index is -1.72. The van der Waals surface area contributed by atoms with Gasteiger partial charge in [-0.05, 0) is 35.2 Å². The maximum atomic E-state index is 3.86. The van der Waals surface area contributed by atoms with Gasteiger partial charge in [0, 0.05) is 0 Å². The van der Waals surface area contributed by atoms with E-state index >= 15 is 0 Å². The van der Waals surface area contributed by atoms with Gasteiger partial charge in [0.2, 0.25) is 0 Å². The molecule has 0 unspecified atom stereocenters. The third-order valence-corrected chi connectivity index (χ3v) is 6.05. The van der Waals surface area contributed by atoms with E-state index in [0.717, 1.165) is 0 Å². The second-order valence-electron chi connectivity index (χ2n) is 2.97. The molecule has 66 valence electrons. The van der Waals surface area contributed by atoms with Crippen LogP contribution in [0.2, 0.25) is 0 Å². The third kappa shape index (κ3) is 1.90. The Morgan fingerprint density at radius 1 is 1.18 bits per heavy atom. The fourth-order valence-electron chi connectivity index (χ4n) is 1.31. The van der Waals surface area contributed by atoms with Crippen LogP contribution < -0.4 is 4.98 Å². The van der Waals surface area contributed by atoms with Gasteiger partial charge in [-0.1, -0.05) is 5.70 Å². The van der Waals surface area contributed by atoms with E-state index in [-0.39, 0.29) is 0 Å². The molecule has 4 heteroatoms. The Balaban J connectivity index is 4.60. The SMILES string of the molecule is C=C[Si](NC)(N(C)C)N(C)C. The van der Waals surface area contributed by atoms with E-state index in [1.165, 1.54) is 0 Å². The van der Waals surface area contributed by atoms with Crippen molar-refractivity contribution in [3.63, 3.8) is 0 Å². The van der Waals surface area contributed by atoms with Gasteiger partial charge in [-0.15, -0.1) is 6.58 Å². The summed E-state index contributed by atoms with van der Waals surface area (Å²) in [6.07, 6.45) is 0. The van der Waals surface area contributed by atoms with Gasteiger partial charge in [0.25, 0.3) is 0 Å². The number of hydrogen-bond donors (Lipinski definition) is 1. The fraction of sp³-hybridized carbons (Fsp3) is 0.714. The highest BCUT2D eigenvalue weighted by Gasteiger charge is 2.34. The zero-order valence-electron chi connectivity index (χ0n) is 8.18. The molecule has 0 saturated carbocycles. The Labute approximate surface area is 70.9 Å². The van der Waals surface area contributed by atoms with E-state index in [1.807, 2.05) is 12.7 Å². The topological polar surface area (TPSA) is 18.5 Å². The van der Waals surface area contributed by atoms with Crippen LogP contribution >= 0.6 is 0 Å². The van der Waals surface area contributed by atoms with Gasteiger partial charge in [-0.25, -0.2) is 0 Å². The summed E-state index contributed by atoms with van der Waals surface area (Å²) in [6, 6.07) is 0. The molecular weight excluding hydrogens is 154 g/mol. The summed E-state index contributed by atoms with van der Waals surface area (Å²) in [5.41, 5.74) is 2.02. The first kappa shape index (κ1) is 10.8. The highest BCUT2D eigenvalue weighted by Crippen LogP contribution is 2.04. The lowest BCUT2D eigenvalue weighted by Crippen LogP contribution is -2.68. The van der Waals surface area contributed by atoms with Crippen LogP contribution in [0, 0.1) is 0 Å². The molecule has 0 rings (SSSR count). The van der Waals surface area contributed by atoms with E-state index < -0.39 is 8.56 Å². The largest absolute Gasteiger partial charge is 0.313 e. The summed E-state index contributed by atoms with van der Waals surface area (Å²) < 4.78 is 4.42. The lowest BCUT2D eigenvalue weighted by atomic mass is 11.2. The molecule has 1 N–H and O–H groups in total. The first-order valence-electron chi connectivity index (χ1n) is 3.68. The van der Waals surface area contributed by atoms with Crippen LogP contribution in [0.5, 0.6) is 0 Å². The van der Waals surface area contributed by atoms with E-state index in [2.05, 4.69) is 48.9 Å². The van der Waals surface area contributed by atoms with Gasteiger partial charge in [0.05, 0.1) is 0 Å². The first-order valence-corrected chi connectivity index (χ1v) is 5.65. The van der Waals surface area contributed by atoms with Gasteiger partial charge < -0.3 is 14.1 Å². The van der Waals surface area contributed by atoms with Crippen LogP contribution in [0.1, 0.15) is 0 Å². The van der Waals surface area contributed by atoms with Gasteiger partial charge in [0.1, 0.15) is 0 Å². The highest BCUT2D eigenvalue weighted by atomic mass is 28.4. The van der Waals surface area contributed by atoms with E-state index in [1.54, 1.807) is 0 Å². The van der Waals surface area contributed by atoms with Crippen LogP contribution in [0.3, 0.4) is 0 Å².